The molecule has 0 spiro atoms. The molecular formula is C13H17BrO3. The van der Waals surface area contributed by atoms with Crippen molar-refractivity contribution in [3.63, 3.8) is 0 Å². The molecule has 0 saturated heterocycles. The zero-order chi connectivity index (χ0) is 12.8. The fraction of sp³-hybridized carbons (Fsp3) is 0.462. The molecule has 0 N–H and O–H groups in total. The predicted octanol–water partition coefficient (Wildman–Crippen LogP) is 3.55. The molecule has 1 atom stereocenters. The zero-order valence-corrected chi connectivity index (χ0v) is 11.9. The van der Waals surface area contributed by atoms with Crippen LogP contribution in [0.15, 0.2) is 16.6 Å². The van der Waals surface area contributed by atoms with Crippen LogP contribution in [0.25, 0.3) is 0 Å². The highest BCUT2D eigenvalue weighted by Crippen LogP contribution is 2.38. The van der Waals surface area contributed by atoms with E-state index in [4.69, 9.17) is 9.47 Å². The summed E-state index contributed by atoms with van der Waals surface area (Å²) in [7, 11) is 1.61. The standard InChI is InChI=1S/C13H17BrO3/c1-4-17-12-8-10(9(2)5-6-15)7-11(14)13(12)16-3/h6-9H,4-5H2,1-3H3. The van der Waals surface area contributed by atoms with Gasteiger partial charge in [0, 0.05) is 6.42 Å². The van der Waals surface area contributed by atoms with E-state index in [2.05, 4.69) is 15.9 Å². The van der Waals surface area contributed by atoms with Crippen molar-refractivity contribution in [3.8, 4) is 11.5 Å². The van der Waals surface area contributed by atoms with Crippen LogP contribution in [0.2, 0.25) is 0 Å². The van der Waals surface area contributed by atoms with E-state index in [1.165, 1.54) is 0 Å². The van der Waals surface area contributed by atoms with Crippen molar-refractivity contribution in [2.45, 2.75) is 26.2 Å². The molecule has 94 valence electrons. The Labute approximate surface area is 110 Å². The van der Waals surface area contributed by atoms with Crippen LogP contribution in [0.3, 0.4) is 0 Å². The molecule has 0 aliphatic rings. The van der Waals surface area contributed by atoms with E-state index < -0.39 is 0 Å². The smallest absolute Gasteiger partial charge is 0.174 e. The highest BCUT2D eigenvalue weighted by molar-refractivity contribution is 9.10. The maximum absolute atomic E-state index is 10.5. The van der Waals surface area contributed by atoms with Gasteiger partial charge in [-0.2, -0.15) is 0 Å². The Balaban J connectivity index is 3.13. The van der Waals surface area contributed by atoms with Crippen molar-refractivity contribution in [1.29, 1.82) is 0 Å². The number of methoxy groups -OCH3 is 1. The first kappa shape index (κ1) is 14.0. The summed E-state index contributed by atoms with van der Waals surface area (Å²) in [6, 6.07) is 3.90. The predicted molar refractivity (Wildman–Crippen MR) is 71.0 cm³/mol. The van der Waals surface area contributed by atoms with Gasteiger partial charge in [-0.15, -0.1) is 0 Å². The SMILES string of the molecule is CCOc1cc(C(C)CC=O)cc(Br)c1OC. The molecule has 0 aliphatic heterocycles. The van der Waals surface area contributed by atoms with Crippen LogP contribution in [0.1, 0.15) is 31.7 Å². The summed E-state index contributed by atoms with van der Waals surface area (Å²) in [5.41, 5.74) is 1.06. The number of halogens is 1. The Morgan fingerprint density at radius 3 is 2.71 bits per heavy atom. The van der Waals surface area contributed by atoms with E-state index in [0.29, 0.717) is 24.5 Å². The van der Waals surface area contributed by atoms with Crippen molar-refractivity contribution in [2.24, 2.45) is 0 Å². The quantitative estimate of drug-likeness (QED) is 0.754. The van der Waals surface area contributed by atoms with E-state index in [1.54, 1.807) is 7.11 Å². The van der Waals surface area contributed by atoms with Crippen LogP contribution in [0.4, 0.5) is 0 Å². The molecule has 0 amide bonds. The van der Waals surface area contributed by atoms with Gasteiger partial charge in [0.05, 0.1) is 18.2 Å². The molecule has 0 bridgehead atoms. The van der Waals surface area contributed by atoms with Crippen LogP contribution < -0.4 is 9.47 Å². The summed E-state index contributed by atoms with van der Waals surface area (Å²) in [4.78, 5) is 10.5. The van der Waals surface area contributed by atoms with Gasteiger partial charge >= 0.3 is 0 Å². The number of hydrogen-bond donors (Lipinski definition) is 0. The Bertz CT molecular complexity index is 390. The van der Waals surface area contributed by atoms with Crippen LogP contribution in [-0.4, -0.2) is 20.0 Å². The zero-order valence-electron chi connectivity index (χ0n) is 10.3. The van der Waals surface area contributed by atoms with Crippen molar-refractivity contribution < 1.29 is 14.3 Å². The van der Waals surface area contributed by atoms with Gasteiger partial charge < -0.3 is 14.3 Å². The van der Waals surface area contributed by atoms with Crippen LogP contribution in [0.5, 0.6) is 11.5 Å². The lowest BCUT2D eigenvalue weighted by Crippen LogP contribution is -2.00. The molecule has 0 aliphatic carbocycles. The first-order valence-corrected chi connectivity index (χ1v) is 6.37. The van der Waals surface area contributed by atoms with Gasteiger partial charge in [0.2, 0.25) is 0 Å². The number of hydrogen-bond acceptors (Lipinski definition) is 3. The van der Waals surface area contributed by atoms with Crippen molar-refractivity contribution in [2.75, 3.05) is 13.7 Å². The average Bonchev–Trinajstić information content (AvgIpc) is 2.29. The van der Waals surface area contributed by atoms with Gasteiger partial charge in [0.25, 0.3) is 0 Å². The lowest BCUT2D eigenvalue weighted by atomic mass is 9.98. The second-order valence-corrected chi connectivity index (χ2v) is 4.62. The third kappa shape index (κ3) is 3.46. The molecule has 0 saturated carbocycles. The number of ether oxygens (including phenoxy) is 2. The summed E-state index contributed by atoms with van der Waals surface area (Å²) in [5, 5.41) is 0. The summed E-state index contributed by atoms with van der Waals surface area (Å²) in [6.45, 7) is 4.52. The van der Waals surface area contributed by atoms with E-state index in [0.717, 1.165) is 16.3 Å². The van der Waals surface area contributed by atoms with E-state index in [-0.39, 0.29) is 5.92 Å². The number of rotatable bonds is 6. The minimum atomic E-state index is 0.175. The minimum absolute atomic E-state index is 0.175. The first-order chi connectivity index (χ1) is 8.13. The fourth-order valence-corrected chi connectivity index (χ4v) is 2.24. The maximum Gasteiger partial charge on any atom is 0.174 e. The van der Waals surface area contributed by atoms with Crippen LogP contribution >= 0.6 is 15.9 Å². The number of aldehydes is 1. The highest BCUT2D eigenvalue weighted by atomic mass is 79.9. The number of benzene rings is 1. The Morgan fingerprint density at radius 1 is 1.47 bits per heavy atom. The third-order valence-electron chi connectivity index (χ3n) is 2.55. The fourth-order valence-electron chi connectivity index (χ4n) is 1.61. The van der Waals surface area contributed by atoms with Gasteiger partial charge in [-0.1, -0.05) is 6.92 Å². The second-order valence-electron chi connectivity index (χ2n) is 3.77. The first-order valence-electron chi connectivity index (χ1n) is 5.57. The summed E-state index contributed by atoms with van der Waals surface area (Å²) < 4.78 is 11.7. The largest absolute Gasteiger partial charge is 0.492 e. The normalized spacial score (nSPS) is 12.0. The lowest BCUT2D eigenvalue weighted by molar-refractivity contribution is -0.108. The molecule has 1 aromatic rings. The Hall–Kier alpha value is -1.03. The average molecular weight is 301 g/mol. The van der Waals surface area contributed by atoms with Crippen molar-refractivity contribution in [3.05, 3.63) is 22.2 Å². The summed E-state index contributed by atoms with van der Waals surface area (Å²) >= 11 is 3.45. The van der Waals surface area contributed by atoms with E-state index >= 15 is 0 Å². The molecular weight excluding hydrogens is 284 g/mol. The minimum Gasteiger partial charge on any atom is -0.492 e. The van der Waals surface area contributed by atoms with Crippen molar-refractivity contribution in [1.82, 2.24) is 0 Å². The van der Waals surface area contributed by atoms with Crippen molar-refractivity contribution >= 4 is 22.2 Å². The Morgan fingerprint density at radius 2 is 2.18 bits per heavy atom. The van der Waals surface area contributed by atoms with E-state index in [1.807, 2.05) is 26.0 Å². The van der Waals surface area contributed by atoms with Gasteiger partial charge in [0.1, 0.15) is 6.29 Å². The van der Waals surface area contributed by atoms with Crippen LogP contribution in [0, 0.1) is 0 Å². The summed E-state index contributed by atoms with van der Waals surface area (Å²) in [5.74, 6) is 1.57. The molecule has 0 aromatic heterocycles. The van der Waals surface area contributed by atoms with Gasteiger partial charge in [-0.3, -0.25) is 0 Å². The topological polar surface area (TPSA) is 35.5 Å². The lowest BCUT2D eigenvalue weighted by Gasteiger charge is -2.15. The highest BCUT2D eigenvalue weighted by Gasteiger charge is 2.14. The number of carbonyl (C=O) groups excluding carboxylic acids is 1. The monoisotopic (exact) mass is 300 g/mol. The van der Waals surface area contributed by atoms with Gasteiger partial charge in [-0.25, -0.2) is 0 Å². The molecule has 1 aromatic carbocycles. The Kier molecular flexibility index (Phi) is 5.48. The number of carbonyl (C=O) groups is 1. The van der Waals surface area contributed by atoms with Gasteiger partial charge in [0.15, 0.2) is 11.5 Å². The molecule has 3 nitrogen and oxygen atoms in total. The van der Waals surface area contributed by atoms with E-state index in [9.17, 15) is 4.79 Å². The molecule has 1 rings (SSSR count). The third-order valence-corrected chi connectivity index (χ3v) is 3.14. The second kappa shape index (κ2) is 6.64. The van der Waals surface area contributed by atoms with Gasteiger partial charge in [-0.05, 0) is 46.5 Å². The molecule has 1 unspecified atom stereocenters. The van der Waals surface area contributed by atoms with Crippen LogP contribution in [-0.2, 0) is 4.79 Å². The molecule has 4 heteroatoms. The molecule has 0 heterocycles. The maximum atomic E-state index is 10.5. The molecule has 17 heavy (non-hydrogen) atoms. The molecule has 0 fully saturated rings. The summed E-state index contributed by atoms with van der Waals surface area (Å²) in [6.07, 6.45) is 1.44. The molecule has 0 radical (unpaired) electrons.